The van der Waals surface area contributed by atoms with Gasteiger partial charge in [0.25, 0.3) is 0 Å². The van der Waals surface area contributed by atoms with Gasteiger partial charge >= 0.3 is 0 Å². The summed E-state index contributed by atoms with van der Waals surface area (Å²) in [7, 11) is -2.23. The lowest BCUT2D eigenvalue weighted by Gasteiger charge is -2.32. The molecule has 1 aromatic carbocycles. The summed E-state index contributed by atoms with van der Waals surface area (Å²) >= 11 is 0. The minimum atomic E-state index is -3.69. The van der Waals surface area contributed by atoms with Gasteiger partial charge in [-0.2, -0.15) is 4.31 Å². The normalized spacial score (nSPS) is 21.6. The first-order valence-electron chi connectivity index (χ1n) is 6.08. The smallest absolute Gasteiger partial charge is 0.245 e. The number of methoxy groups -OCH3 is 1. The molecule has 2 rings (SSSR count). The molecule has 0 N–H and O–H groups in total. The van der Waals surface area contributed by atoms with Gasteiger partial charge in [-0.05, 0) is 25.5 Å². The molecule has 19 heavy (non-hydrogen) atoms. The predicted molar refractivity (Wildman–Crippen MR) is 70.1 cm³/mol. The molecule has 0 amide bonds. The fourth-order valence-electron chi connectivity index (χ4n) is 2.10. The number of Topliss-reactive ketones (excluding diaryl/α,β-unsaturated/α-hetero) is 1. The van der Waals surface area contributed by atoms with Gasteiger partial charge in [0.05, 0.1) is 11.4 Å². The van der Waals surface area contributed by atoms with Crippen molar-refractivity contribution in [3.8, 4) is 0 Å². The Kier molecular flexibility index (Phi) is 4.03. The molecule has 1 aliphatic rings. The number of nitrogens with zero attached hydrogens (tertiary/aromatic N) is 1. The van der Waals surface area contributed by atoms with E-state index >= 15 is 0 Å². The van der Waals surface area contributed by atoms with Gasteiger partial charge in [-0.1, -0.05) is 17.7 Å². The fraction of sp³-hybridized carbons (Fsp3) is 0.462. The molecule has 0 radical (unpaired) electrons. The number of sulfonamides is 1. The molecule has 0 aliphatic carbocycles. The van der Waals surface area contributed by atoms with Crippen LogP contribution in [0.15, 0.2) is 29.2 Å². The Bertz CT molecular complexity index is 565. The van der Waals surface area contributed by atoms with Crippen LogP contribution in [-0.2, 0) is 19.6 Å². The average Bonchev–Trinajstić information content (AvgIpc) is 2.39. The summed E-state index contributed by atoms with van der Waals surface area (Å²) in [6.07, 6.45) is 0.197. The number of carbonyl (C=O) groups is 1. The summed E-state index contributed by atoms with van der Waals surface area (Å²) in [5.41, 5.74) is 0.983. The highest BCUT2D eigenvalue weighted by Gasteiger charge is 2.36. The Morgan fingerprint density at radius 3 is 2.47 bits per heavy atom. The summed E-state index contributed by atoms with van der Waals surface area (Å²) < 4.78 is 31.3. The van der Waals surface area contributed by atoms with Gasteiger partial charge in [-0.15, -0.1) is 0 Å². The molecular formula is C13H17NO4S. The molecule has 1 aromatic rings. The lowest BCUT2D eigenvalue weighted by Crippen LogP contribution is -2.47. The van der Waals surface area contributed by atoms with E-state index < -0.39 is 16.3 Å². The van der Waals surface area contributed by atoms with Gasteiger partial charge in [-0.3, -0.25) is 4.79 Å². The molecule has 1 unspecified atom stereocenters. The molecule has 1 saturated heterocycles. The molecule has 1 atom stereocenters. The largest absolute Gasteiger partial charge is 0.365 e. The van der Waals surface area contributed by atoms with Crippen LogP contribution in [0.2, 0.25) is 0 Å². The minimum Gasteiger partial charge on any atom is -0.365 e. The molecule has 0 aromatic heterocycles. The van der Waals surface area contributed by atoms with E-state index in [9.17, 15) is 13.2 Å². The highest BCUT2D eigenvalue weighted by molar-refractivity contribution is 7.89. The number of benzene rings is 1. The first kappa shape index (κ1) is 14.2. The second-order valence-corrected chi connectivity index (χ2v) is 6.52. The molecule has 0 saturated carbocycles. The first-order valence-corrected chi connectivity index (χ1v) is 7.52. The quantitative estimate of drug-likeness (QED) is 0.839. The first-order chi connectivity index (χ1) is 8.95. The second-order valence-electron chi connectivity index (χ2n) is 4.63. The molecule has 1 heterocycles. The maximum absolute atomic E-state index is 12.5. The highest BCUT2D eigenvalue weighted by atomic mass is 32.2. The molecule has 0 bridgehead atoms. The number of hydrogen-bond donors (Lipinski definition) is 0. The van der Waals surface area contributed by atoms with Crippen molar-refractivity contribution in [1.82, 2.24) is 4.31 Å². The highest BCUT2D eigenvalue weighted by Crippen LogP contribution is 2.24. The number of ketones is 1. The van der Waals surface area contributed by atoms with Crippen molar-refractivity contribution in [3.63, 3.8) is 0 Å². The van der Waals surface area contributed by atoms with Crippen molar-refractivity contribution in [2.24, 2.45) is 0 Å². The Morgan fingerprint density at radius 1 is 1.26 bits per heavy atom. The molecule has 1 aliphatic heterocycles. The van der Waals surface area contributed by atoms with Crippen LogP contribution in [-0.4, -0.2) is 38.4 Å². The van der Waals surface area contributed by atoms with E-state index in [4.69, 9.17) is 4.74 Å². The van der Waals surface area contributed by atoms with Crippen LogP contribution in [0.5, 0.6) is 0 Å². The topological polar surface area (TPSA) is 63.7 Å². The van der Waals surface area contributed by atoms with E-state index in [1.165, 1.54) is 7.11 Å². The minimum absolute atomic E-state index is 0.0796. The van der Waals surface area contributed by atoms with Gasteiger partial charge < -0.3 is 4.74 Å². The molecule has 0 spiro atoms. The summed E-state index contributed by atoms with van der Waals surface area (Å²) in [6, 6.07) is 6.58. The van der Waals surface area contributed by atoms with Gasteiger partial charge in [0.15, 0.2) is 0 Å². The summed E-state index contributed by atoms with van der Waals surface area (Å²) in [5.74, 6) is -0.0796. The zero-order valence-electron chi connectivity index (χ0n) is 11.0. The van der Waals surface area contributed by atoms with E-state index in [-0.39, 0.29) is 17.2 Å². The average molecular weight is 283 g/mol. The van der Waals surface area contributed by atoms with Crippen LogP contribution in [0.4, 0.5) is 0 Å². The summed E-state index contributed by atoms with van der Waals surface area (Å²) in [4.78, 5) is 11.7. The Morgan fingerprint density at radius 2 is 1.89 bits per heavy atom. The maximum Gasteiger partial charge on any atom is 0.245 e. The van der Waals surface area contributed by atoms with Crippen LogP contribution >= 0.6 is 0 Å². The van der Waals surface area contributed by atoms with Crippen LogP contribution in [0.1, 0.15) is 18.4 Å². The Labute approximate surface area is 113 Å². The summed E-state index contributed by atoms with van der Waals surface area (Å²) in [6.45, 7) is 1.77. The Balaban J connectivity index is 2.36. The lowest BCUT2D eigenvalue weighted by atomic mass is 10.1. The van der Waals surface area contributed by atoms with Gasteiger partial charge in [0.2, 0.25) is 10.0 Å². The van der Waals surface area contributed by atoms with Crippen molar-refractivity contribution < 1.29 is 17.9 Å². The molecular weight excluding hydrogens is 266 g/mol. The van der Waals surface area contributed by atoms with Crippen molar-refractivity contribution in [2.75, 3.05) is 13.7 Å². The zero-order chi connectivity index (χ0) is 14.0. The maximum atomic E-state index is 12.5. The molecule has 6 heteroatoms. The molecule has 5 nitrogen and oxygen atoms in total. The van der Waals surface area contributed by atoms with Crippen LogP contribution in [0.25, 0.3) is 0 Å². The monoisotopic (exact) mass is 283 g/mol. The van der Waals surface area contributed by atoms with E-state index in [0.717, 1.165) is 9.87 Å². The predicted octanol–water partition coefficient (Wildman–Crippen LogP) is 1.32. The molecule has 104 valence electrons. The van der Waals surface area contributed by atoms with E-state index in [1.54, 1.807) is 24.3 Å². The van der Waals surface area contributed by atoms with E-state index in [2.05, 4.69) is 0 Å². The standard InChI is InChI=1S/C13H17NO4S/c1-10-3-6-12(7-4-10)19(16,17)14-9-11(15)5-8-13(14)18-2/h3-4,6-7,13H,5,8-9H2,1-2H3. The van der Waals surface area contributed by atoms with Crippen molar-refractivity contribution in [1.29, 1.82) is 0 Å². The SMILES string of the molecule is COC1CCC(=O)CN1S(=O)(=O)c1ccc(C)cc1. The van der Waals surface area contributed by atoms with E-state index in [1.807, 2.05) is 6.92 Å². The van der Waals surface area contributed by atoms with Crippen LogP contribution in [0.3, 0.4) is 0 Å². The number of carbonyl (C=O) groups excluding carboxylic acids is 1. The van der Waals surface area contributed by atoms with Gasteiger partial charge in [-0.25, -0.2) is 8.42 Å². The number of ether oxygens (including phenoxy) is 1. The fourth-order valence-corrected chi connectivity index (χ4v) is 3.67. The van der Waals surface area contributed by atoms with Crippen molar-refractivity contribution in [2.45, 2.75) is 30.9 Å². The number of hydrogen-bond acceptors (Lipinski definition) is 4. The third-order valence-corrected chi connectivity index (χ3v) is 5.07. The van der Waals surface area contributed by atoms with E-state index in [0.29, 0.717) is 12.8 Å². The van der Waals surface area contributed by atoms with Crippen molar-refractivity contribution in [3.05, 3.63) is 29.8 Å². The Hall–Kier alpha value is -1.24. The number of aryl methyl sites for hydroxylation is 1. The van der Waals surface area contributed by atoms with Gasteiger partial charge in [0.1, 0.15) is 12.0 Å². The zero-order valence-corrected chi connectivity index (χ0v) is 11.8. The second kappa shape index (κ2) is 5.40. The number of rotatable bonds is 3. The van der Waals surface area contributed by atoms with Gasteiger partial charge in [0, 0.05) is 13.5 Å². The lowest BCUT2D eigenvalue weighted by molar-refractivity contribution is -0.126. The third-order valence-electron chi connectivity index (χ3n) is 3.22. The van der Waals surface area contributed by atoms with Crippen molar-refractivity contribution >= 4 is 15.8 Å². The summed E-state index contributed by atoms with van der Waals surface area (Å²) in [5, 5.41) is 0. The van der Waals surface area contributed by atoms with Crippen LogP contribution < -0.4 is 0 Å². The molecule has 1 fully saturated rings. The third kappa shape index (κ3) is 2.86. The van der Waals surface area contributed by atoms with Crippen LogP contribution in [0, 0.1) is 6.92 Å². The number of piperidine rings is 1.